The molecule has 1 aliphatic heterocycles. The maximum atomic E-state index is 12.6. The summed E-state index contributed by atoms with van der Waals surface area (Å²) in [5.74, 6) is -0.357. The Kier molecular flexibility index (Phi) is 5.24. The monoisotopic (exact) mass is 358 g/mol. The van der Waals surface area contributed by atoms with Gasteiger partial charge in [0.05, 0.1) is 12.2 Å². The first-order valence-corrected chi connectivity index (χ1v) is 8.54. The molecule has 0 spiro atoms. The smallest absolute Gasteiger partial charge is 0.338 e. The molecule has 6 heteroatoms. The van der Waals surface area contributed by atoms with Crippen LogP contribution < -0.4 is 4.90 Å². The highest BCUT2D eigenvalue weighted by Gasteiger charge is 2.29. The van der Waals surface area contributed by atoms with E-state index < -0.39 is 0 Å². The van der Waals surface area contributed by atoms with Crippen molar-refractivity contribution in [2.45, 2.75) is 13.5 Å². The number of benzene rings is 2. The van der Waals surface area contributed by atoms with E-state index in [0.717, 1.165) is 11.3 Å². The van der Waals surface area contributed by atoms with E-state index in [2.05, 4.69) is 0 Å². The number of nitrogens with zero attached hydrogens (tertiary/aromatic N) is 2. The van der Waals surface area contributed by atoms with Gasteiger partial charge in [0, 0.05) is 30.3 Å². The third kappa shape index (κ3) is 3.94. The lowest BCUT2D eigenvalue weighted by molar-refractivity contribution is 0.0526. The Morgan fingerprint density at radius 1 is 1.16 bits per heavy atom. The van der Waals surface area contributed by atoms with Crippen molar-refractivity contribution in [3.63, 3.8) is 0 Å². The Morgan fingerprint density at radius 2 is 1.92 bits per heavy atom. The van der Waals surface area contributed by atoms with E-state index in [4.69, 9.17) is 16.3 Å². The van der Waals surface area contributed by atoms with Gasteiger partial charge in [-0.25, -0.2) is 9.59 Å². The van der Waals surface area contributed by atoms with Gasteiger partial charge in [-0.15, -0.1) is 0 Å². The summed E-state index contributed by atoms with van der Waals surface area (Å²) in [6.07, 6.45) is 0. The largest absolute Gasteiger partial charge is 0.462 e. The molecule has 1 saturated heterocycles. The van der Waals surface area contributed by atoms with Crippen LogP contribution in [0, 0.1) is 0 Å². The fourth-order valence-corrected chi connectivity index (χ4v) is 3.03. The molecule has 25 heavy (non-hydrogen) atoms. The van der Waals surface area contributed by atoms with Crippen LogP contribution in [0.5, 0.6) is 0 Å². The Morgan fingerprint density at radius 3 is 2.60 bits per heavy atom. The Balaban J connectivity index is 1.68. The fourth-order valence-electron chi connectivity index (χ4n) is 2.82. The molecule has 0 aromatic heterocycles. The van der Waals surface area contributed by atoms with Gasteiger partial charge in [-0.1, -0.05) is 23.7 Å². The van der Waals surface area contributed by atoms with Crippen molar-refractivity contribution < 1.29 is 14.3 Å². The predicted octanol–water partition coefficient (Wildman–Crippen LogP) is 3.96. The van der Waals surface area contributed by atoms with Crippen molar-refractivity contribution in [1.82, 2.24) is 4.90 Å². The van der Waals surface area contributed by atoms with Gasteiger partial charge in [0.2, 0.25) is 0 Å². The van der Waals surface area contributed by atoms with Crippen molar-refractivity contribution in [2.24, 2.45) is 0 Å². The molecular formula is C19H19ClN2O3. The number of urea groups is 1. The maximum absolute atomic E-state index is 12.6. The second-order valence-corrected chi connectivity index (χ2v) is 6.19. The average Bonchev–Trinajstić information content (AvgIpc) is 2.96. The average molecular weight is 359 g/mol. The summed E-state index contributed by atoms with van der Waals surface area (Å²) < 4.78 is 4.97. The molecule has 0 radical (unpaired) electrons. The summed E-state index contributed by atoms with van der Waals surface area (Å²) in [6.45, 7) is 3.88. The zero-order chi connectivity index (χ0) is 17.8. The molecule has 0 bridgehead atoms. The molecule has 2 amide bonds. The standard InChI is InChI=1S/C19H19ClN2O3/c1-2-25-18(23)15-6-8-17(9-7-15)22-11-10-21(19(22)24)13-14-4-3-5-16(20)12-14/h3-9,12H,2,10-11,13H2,1H3. The second-order valence-electron chi connectivity index (χ2n) is 5.75. The van der Waals surface area contributed by atoms with Crippen molar-refractivity contribution in [3.8, 4) is 0 Å². The lowest BCUT2D eigenvalue weighted by atomic mass is 10.2. The molecule has 0 aliphatic carbocycles. The van der Waals surface area contributed by atoms with Crippen LogP contribution in [0.4, 0.5) is 10.5 Å². The van der Waals surface area contributed by atoms with Gasteiger partial charge in [-0.3, -0.25) is 4.90 Å². The normalized spacial score (nSPS) is 14.1. The number of hydrogen-bond acceptors (Lipinski definition) is 3. The Hall–Kier alpha value is -2.53. The van der Waals surface area contributed by atoms with Crippen LogP contribution in [0.1, 0.15) is 22.8 Å². The van der Waals surface area contributed by atoms with Gasteiger partial charge in [0.25, 0.3) is 0 Å². The number of halogens is 1. The number of amides is 2. The third-order valence-corrected chi connectivity index (χ3v) is 4.28. The van der Waals surface area contributed by atoms with Crippen molar-refractivity contribution >= 4 is 29.3 Å². The molecule has 0 atom stereocenters. The number of ether oxygens (including phenoxy) is 1. The molecule has 0 unspecified atom stereocenters. The highest BCUT2D eigenvalue weighted by molar-refractivity contribution is 6.30. The molecule has 1 heterocycles. The zero-order valence-corrected chi connectivity index (χ0v) is 14.7. The minimum atomic E-state index is -0.357. The van der Waals surface area contributed by atoms with Crippen LogP contribution in [-0.2, 0) is 11.3 Å². The molecule has 0 N–H and O–H groups in total. The predicted molar refractivity (Wildman–Crippen MR) is 97.0 cm³/mol. The molecule has 0 saturated carbocycles. The van der Waals surface area contributed by atoms with E-state index in [0.29, 0.717) is 36.8 Å². The summed E-state index contributed by atoms with van der Waals surface area (Å²) in [5, 5.41) is 0.663. The first-order valence-electron chi connectivity index (χ1n) is 8.16. The topological polar surface area (TPSA) is 49.9 Å². The summed E-state index contributed by atoms with van der Waals surface area (Å²) in [7, 11) is 0. The van der Waals surface area contributed by atoms with Crippen LogP contribution in [0.15, 0.2) is 48.5 Å². The molecule has 3 rings (SSSR count). The van der Waals surface area contributed by atoms with Crippen LogP contribution >= 0.6 is 11.6 Å². The lowest BCUT2D eigenvalue weighted by Crippen LogP contribution is -2.31. The minimum Gasteiger partial charge on any atom is -0.462 e. The molecule has 1 aliphatic rings. The minimum absolute atomic E-state index is 0.0520. The van der Waals surface area contributed by atoms with E-state index in [1.807, 2.05) is 24.3 Å². The van der Waals surface area contributed by atoms with Crippen LogP contribution in [-0.4, -0.2) is 36.6 Å². The summed E-state index contributed by atoms with van der Waals surface area (Å²) in [6, 6.07) is 14.4. The van der Waals surface area contributed by atoms with E-state index in [1.165, 1.54) is 0 Å². The van der Waals surface area contributed by atoms with Crippen molar-refractivity contribution in [1.29, 1.82) is 0 Å². The molecule has 5 nitrogen and oxygen atoms in total. The summed E-state index contributed by atoms with van der Waals surface area (Å²) >= 11 is 6.00. The number of carbonyl (C=O) groups is 2. The quantitative estimate of drug-likeness (QED) is 0.760. The number of esters is 1. The number of carbonyl (C=O) groups excluding carboxylic acids is 2. The Labute approximate surface area is 151 Å². The maximum Gasteiger partial charge on any atom is 0.338 e. The molecule has 2 aromatic rings. The van der Waals surface area contributed by atoms with Crippen LogP contribution in [0.3, 0.4) is 0 Å². The molecule has 1 fully saturated rings. The van der Waals surface area contributed by atoms with Gasteiger partial charge in [-0.05, 0) is 48.9 Å². The molecular weight excluding hydrogens is 340 g/mol. The van der Waals surface area contributed by atoms with E-state index in [9.17, 15) is 9.59 Å². The van der Waals surface area contributed by atoms with Crippen LogP contribution in [0.2, 0.25) is 5.02 Å². The first-order chi connectivity index (χ1) is 12.1. The van der Waals surface area contributed by atoms with E-state index in [1.54, 1.807) is 41.0 Å². The summed E-state index contributed by atoms with van der Waals surface area (Å²) in [4.78, 5) is 27.8. The fraction of sp³-hybridized carbons (Fsp3) is 0.263. The number of hydrogen-bond donors (Lipinski definition) is 0. The Bertz CT molecular complexity index is 776. The SMILES string of the molecule is CCOC(=O)c1ccc(N2CCN(Cc3cccc(Cl)c3)C2=O)cc1. The van der Waals surface area contributed by atoms with Gasteiger partial charge in [-0.2, -0.15) is 0 Å². The van der Waals surface area contributed by atoms with E-state index in [-0.39, 0.29) is 12.0 Å². The molecule has 130 valence electrons. The second kappa shape index (κ2) is 7.57. The van der Waals surface area contributed by atoms with Gasteiger partial charge in [0.15, 0.2) is 0 Å². The van der Waals surface area contributed by atoms with E-state index >= 15 is 0 Å². The highest BCUT2D eigenvalue weighted by atomic mass is 35.5. The lowest BCUT2D eigenvalue weighted by Gasteiger charge is -2.19. The number of anilines is 1. The van der Waals surface area contributed by atoms with Crippen LogP contribution in [0.25, 0.3) is 0 Å². The van der Waals surface area contributed by atoms with Gasteiger partial charge >= 0.3 is 12.0 Å². The zero-order valence-electron chi connectivity index (χ0n) is 13.9. The van der Waals surface area contributed by atoms with Gasteiger partial charge < -0.3 is 9.64 Å². The third-order valence-electron chi connectivity index (χ3n) is 4.05. The van der Waals surface area contributed by atoms with Gasteiger partial charge in [0.1, 0.15) is 0 Å². The van der Waals surface area contributed by atoms with Crippen molar-refractivity contribution in [3.05, 3.63) is 64.7 Å². The highest BCUT2D eigenvalue weighted by Crippen LogP contribution is 2.23. The first kappa shape index (κ1) is 17.3. The van der Waals surface area contributed by atoms with Crippen molar-refractivity contribution in [2.75, 3.05) is 24.6 Å². The number of rotatable bonds is 5. The molecule has 2 aromatic carbocycles. The summed E-state index contributed by atoms with van der Waals surface area (Å²) in [5.41, 5.74) is 2.25.